The third-order valence-corrected chi connectivity index (χ3v) is 4.86. The lowest BCUT2D eigenvalue weighted by Gasteiger charge is -2.18. The van der Waals surface area contributed by atoms with E-state index in [1.165, 1.54) is 11.4 Å². The van der Waals surface area contributed by atoms with Gasteiger partial charge in [-0.2, -0.15) is 0 Å². The van der Waals surface area contributed by atoms with Crippen molar-refractivity contribution in [2.24, 2.45) is 7.05 Å². The van der Waals surface area contributed by atoms with Crippen LogP contribution in [0.25, 0.3) is 0 Å². The molecule has 128 valence electrons. The summed E-state index contributed by atoms with van der Waals surface area (Å²) in [6.07, 6.45) is 0. The number of aryl methyl sites for hydroxylation is 1. The van der Waals surface area contributed by atoms with Crippen LogP contribution in [0.5, 0.6) is 0 Å². The van der Waals surface area contributed by atoms with E-state index >= 15 is 0 Å². The van der Waals surface area contributed by atoms with Crippen molar-refractivity contribution in [2.45, 2.75) is 26.3 Å². The summed E-state index contributed by atoms with van der Waals surface area (Å²) in [6, 6.07) is 22.0. The quantitative estimate of drug-likeness (QED) is 0.750. The number of hydrogen-bond donors (Lipinski definition) is 1. The van der Waals surface area contributed by atoms with Gasteiger partial charge in [-0.15, -0.1) is 0 Å². The topological polar surface area (TPSA) is 34.0 Å². The normalized spacial score (nSPS) is 10.9. The van der Waals surface area contributed by atoms with Gasteiger partial charge in [0.25, 0.3) is 0 Å². The van der Waals surface area contributed by atoms with Gasteiger partial charge in [-0.3, -0.25) is 4.79 Å². The van der Waals surface area contributed by atoms with E-state index in [9.17, 15) is 4.79 Å². The Hall–Kier alpha value is -2.81. The molecule has 0 spiro atoms. The van der Waals surface area contributed by atoms with Gasteiger partial charge < -0.3 is 9.88 Å². The highest BCUT2D eigenvalue weighted by Gasteiger charge is 2.22. The standard InChI is InChI=1S/C22H24N2O/c1-16-14-20(17(2)24(16)3)15-23-22(25)21(18-10-6-4-7-11-18)19-12-8-5-9-13-19/h4-14,21H,15H2,1-3H3,(H,23,25). The van der Waals surface area contributed by atoms with Gasteiger partial charge >= 0.3 is 0 Å². The number of carbonyl (C=O) groups excluding carboxylic acids is 1. The maximum Gasteiger partial charge on any atom is 0.232 e. The van der Waals surface area contributed by atoms with Gasteiger partial charge in [0.2, 0.25) is 5.91 Å². The number of benzene rings is 2. The number of hydrogen-bond acceptors (Lipinski definition) is 1. The average molecular weight is 332 g/mol. The van der Waals surface area contributed by atoms with Crippen LogP contribution in [-0.4, -0.2) is 10.5 Å². The Kier molecular flexibility index (Phi) is 5.03. The zero-order valence-corrected chi connectivity index (χ0v) is 15.0. The summed E-state index contributed by atoms with van der Waals surface area (Å²) in [5.74, 6) is -0.272. The van der Waals surface area contributed by atoms with Gasteiger partial charge in [0.1, 0.15) is 0 Å². The lowest BCUT2D eigenvalue weighted by atomic mass is 9.90. The molecule has 0 radical (unpaired) electrons. The molecule has 0 aliphatic heterocycles. The highest BCUT2D eigenvalue weighted by Crippen LogP contribution is 2.25. The molecule has 0 atom stereocenters. The van der Waals surface area contributed by atoms with Crippen molar-refractivity contribution in [1.29, 1.82) is 0 Å². The van der Waals surface area contributed by atoms with Crippen LogP contribution in [0.2, 0.25) is 0 Å². The van der Waals surface area contributed by atoms with Crippen LogP contribution in [0.3, 0.4) is 0 Å². The molecule has 0 saturated carbocycles. The van der Waals surface area contributed by atoms with Gasteiger partial charge in [0.05, 0.1) is 5.92 Å². The Morgan fingerprint density at radius 3 is 1.92 bits per heavy atom. The molecule has 0 unspecified atom stereocenters. The number of carbonyl (C=O) groups is 1. The molecular formula is C22H24N2O. The molecule has 0 fully saturated rings. The Balaban J connectivity index is 1.84. The van der Waals surface area contributed by atoms with E-state index < -0.39 is 0 Å². The first-order valence-corrected chi connectivity index (χ1v) is 8.57. The van der Waals surface area contributed by atoms with E-state index in [1.54, 1.807) is 0 Å². The fourth-order valence-corrected chi connectivity index (χ4v) is 3.18. The van der Waals surface area contributed by atoms with Crippen molar-refractivity contribution in [3.63, 3.8) is 0 Å². The van der Waals surface area contributed by atoms with Crippen LogP contribution in [0, 0.1) is 13.8 Å². The molecule has 3 heteroatoms. The predicted molar refractivity (Wildman–Crippen MR) is 101 cm³/mol. The van der Waals surface area contributed by atoms with Crippen LogP contribution in [0.1, 0.15) is 34.0 Å². The Morgan fingerprint density at radius 1 is 0.960 bits per heavy atom. The van der Waals surface area contributed by atoms with Crippen LogP contribution in [0.15, 0.2) is 66.7 Å². The first kappa shape index (κ1) is 17.0. The van der Waals surface area contributed by atoms with Gasteiger partial charge in [0, 0.05) is 25.0 Å². The van der Waals surface area contributed by atoms with Crippen LogP contribution < -0.4 is 5.32 Å². The maximum atomic E-state index is 13.0. The van der Waals surface area contributed by atoms with Crippen molar-refractivity contribution >= 4 is 5.91 Å². The highest BCUT2D eigenvalue weighted by atomic mass is 16.1. The summed E-state index contributed by atoms with van der Waals surface area (Å²) in [5.41, 5.74) is 5.56. The molecule has 0 bridgehead atoms. The summed E-state index contributed by atoms with van der Waals surface area (Å²) in [7, 11) is 2.05. The Morgan fingerprint density at radius 2 is 1.48 bits per heavy atom. The second kappa shape index (κ2) is 7.39. The lowest BCUT2D eigenvalue weighted by molar-refractivity contribution is -0.121. The molecular weight excluding hydrogens is 308 g/mol. The Labute approximate surface area is 149 Å². The Bertz CT molecular complexity index is 811. The molecule has 0 aliphatic carbocycles. The second-order valence-corrected chi connectivity index (χ2v) is 6.43. The zero-order valence-electron chi connectivity index (χ0n) is 15.0. The third-order valence-electron chi connectivity index (χ3n) is 4.86. The smallest absolute Gasteiger partial charge is 0.232 e. The maximum absolute atomic E-state index is 13.0. The summed E-state index contributed by atoms with van der Waals surface area (Å²) in [6.45, 7) is 4.71. The van der Waals surface area contributed by atoms with Crippen LogP contribution in [-0.2, 0) is 18.4 Å². The number of aromatic nitrogens is 1. The predicted octanol–water partition coefficient (Wildman–Crippen LogP) is 4.09. The molecule has 3 rings (SSSR count). The molecule has 1 aromatic heterocycles. The van der Waals surface area contributed by atoms with E-state index in [4.69, 9.17) is 0 Å². The first-order chi connectivity index (χ1) is 12.1. The average Bonchev–Trinajstić information content (AvgIpc) is 2.89. The largest absolute Gasteiger partial charge is 0.352 e. The number of nitrogens with zero attached hydrogens (tertiary/aromatic N) is 1. The molecule has 3 aromatic rings. The van der Waals surface area contributed by atoms with Gasteiger partial charge in [-0.1, -0.05) is 60.7 Å². The van der Waals surface area contributed by atoms with Crippen LogP contribution in [0.4, 0.5) is 0 Å². The van der Waals surface area contributed by atoms with E-state index in [1.807, 2.05) is 67.7 Å². The fraction of sp³-hybridized carbons (Fsp3) is 0.227. The molecule has 25 heavy (non-hydrogen) atoms. The zero-order chi connectivity index (χ0) is 17.8. The molecule has 3 nitrogen and oxygen atoms in total. The van der Waals surface area contributed by atoms with Crippen molar-refractivity contribution in [2.75, 3.05) is 0 Å². The molecule has 0 aliphatic rings. The van der Waals surface area contributed by atoms with Crippen LogP contribution >= 0.6 is 0 Å². The number of rotatable bonds is 5. The molecule has 0 saturated heterocycles. The molecule has 2 aromatic carbocycles. The van der Waals surface area contributed by atoms with E-state index in [-0.39, 0.29) is 11.8 Å². The number of amides is 1. The summed E-state index contributed by atoms with van der Waals surface area (Å²) < 4.78 is 2.15. The summed E-state index contributed by atoms with van der Waals surface area (Å²) in [4.78, 5) is 13.0. The SMILES string of the molecule is Cc1cc(CNC(=O)C(c2ccccc2)c2ccccc2)c(C)n1C. The van der Waals surface area contributed by atoms with Crippen molar-refractivity contribution in [1.82, 2.24) is 9.88 Å². The van der Waals surface area contributed by atoms with E-state index in [0.29, 0.717) is 6.54 Å². The molecule has 1 amide bonds. The third kappa shape index (κ3) is 3.66. The minimum absolute atomic E-state index is 0.0262. The first-order valence-electron chi connectivity index (χ1n) is 8.57. The van der Waals surface area contributed by atoms with Crippen molar-refractivity contribution < 1.29 is 4.79 Å². The second-order valence-electron chi connectivity index (χ2n) is 6.43. The minimum Gasteiger partial charge on any atom is -0.352 e. The lowest BCUT2D eigenvalue weighted by Crippen LogP contribution is -2.29. The van der Waals surface area contributed by atoms with E-state index in [0.717, 1.165) is 16.7 Å². The molecule has 1 heterocycles. The van der Waals surface area contributed by atoms with Crippen molar-refractivity contribution in [3.8, 4) is 0 Å². The highest BCUT2D eigenvalue weighted by molar-refractivity contribution is 5.87. The van der Waals surface area contributed by atoms with Crippen molar-refractivity contribution in [3.05, 3.63) is 94.8 Å². The van der Waals surface area contributed by atoms with E-state index in [2.05, 4.69) is 29.8 Å². The van der Waals surface area contributed by atoms with Gasteiger partial charge in [-0.05, 0) is 36.6 Å². The monoisotopic (exact) mass is 332 g/mol. The minimum atomic E-state index is -0.299. The van der Waals surface area contributed by atoms with Gasteiger partial charge in [-0.25, -0.2) is 0 Å². The summed E-state index contributed by atoms with van der Waals surface area (Å²) >= 11 is 0. The fourth-order valence-electron chi connectivity index (χ4n) is 3.18. The summed E-state index contributed by atoms with van der Waals surface area (Å²) in [5, 5.41) is 3.13. The van der Waals surface area contributed by atoms with Gasteiger partial charge in [0.15, 0.2) is 0 Å². The number of nitrogens with one attached hydrogen (secondary N) is 1. The molecule has 1 N–H and O–H groups in total.